The van der Waals surface area contributed by atoms with Crippen LogP contribution in [0.4, 0.5) is 0 Å². The highest BCUT2D eigenvalue weighted by molar-refractivity contribution is 5.95. The maximum atomic E-state index is 15.0. The molecule has 10 N–H and O–H groups in total. The van der Waals surface area contributed by atoms with Crippen LogP contribution in [0, 0.1) is 11.8 Å². The summed E-state index contributed by atoms with van der Waals surface area (Å²) in [6.45, 7) is 5.54. The van der Waals surface area contributed by atoms with E-state index in [4.69, 9.17) is 11.5 Å². The molecule has 3 aromatic rings. The molecule has 4 amide bonds. The van der Waals surface area contributed by atoms with Crippen LogP contribution in [0.3, 0.4) is 0 Å². The lowest BCUT2D eigenvalue weighted by molar-refractivity contribution is -0.156. The standard InChI is InChI=1S/C41H57N9O6/c1-24(2)34(47-25(3)51)37(52)49-35(27-11-5-4-6-12-27)38(53)48-32(17-10-20-46-41(42)43)39(54)50-33(40(55)56)23-28-13-7-8-15-30(28)36(50)45-21-18-26-14-9-16-31-29(26)19-22-44-31/h7-9,13-16,19,22,24,27,32-36,44-45H,4-6,10-12,17-18,20-21,23H2,1-3H3,(H,47,51)(H,48,53)(H,49,52)(H,55,56)(H4,42,43,46)/t32-,33-,34-,35?,36?/m0/s1. The second-order valence-electron chi connectivity index (χ2n) is 15.3. The van der Waals surface area contributed by atoms with Gasteiger partial charge in [-0.15, -0.1) is 0 Å². The van der Waals surface area contributed by atoms with Crippen LogP contribution in [-0.2, 0) is 36.8 Å². The first-order valence-electron chi connectivity index (χ1n) is 19.7. The van der Waals surface area contributed by atoms with Gasteiger partial charge >= 0.3 is 5.97 Å². The minimum atomic E-state index is -1.24. The van der Waals surface area contributed by atoms with Crippen LogP contribution in [0.25, 0.3) is 10.9 Å². The third kappa shape index (κ3) is 10.4. The number of nitrogens with zero attached hydrogens (tertiary/aromatic N) is 2. The Hall–Kier alpha value is -5.44. The quantitative estimate of drug-likeness (QED) is 0.0571. The summed E-state index contributed by atoms with van der Waals surface area (Å²) >= 11 is 0. The third-order valence-corrected chi connectivity index (χ3v) is 10.9. The molecule has 1 aliphatic carbocycles. The molecule has 1 fully saturated rings. The summed E-state index contributed by atoms with van der Waals surface area (Å²) in [6, 6.07) is 11.2. The van der Waals surface area contributed by atoms with E-state index in [2.05, 4.69) is 31.2 Å². The minimum Gasteiger partial charge on any atom is -0.480 e. The minimum absolute atomic E-state index is 0.0766. The SMILES string of the molecule is CC(=O)N[C@H](C(=O)NC(C(=O)N[C@@H](CCCN=C(N)N)C(=O)N1C(NCCc2cccc3[nH]ccc23)c2ccccc2C[C@H]1C(=O)O)C1CCCCC1)C(C)C. The fraction of sp³-hybridized carbons (Fsp3) is 0.512. The molecule has 1 aromatic heterocycles. The van der Waals surface area contributed by atoms with Gasteiger partial charge in [0.2, 0.25) is 23.6 Å². The van der Waals surface area contributed by atoms with Gasteiger partial charge in [-0.25, -0.2) is 4.79 Å². The lowest BCUT2D eigenvalue weighted by Crippen LogP contribution is -2.62. The monoisotopic (exact) mass is 771 g/mol. The Balaban J connectivity index is 1.46. The molecule has 302 valence electrons. The molecule has 2 unspecified atom stereocenters. The van der Waals surface area contributed by atoms with Gasteiger partial charge in [-0.2, -0.15) is 0 Å². The maximum absolute atomic E-state index is 15.0. The zero-order valence-electron chi connectivity index (χ0n) is 32.6. The van der Waals surface area contributed by atoms with E-state index < -0.39 is 54.0 Å². The number of aliphatic carboxylic acids is 1. The van der Waals surface area contributed by atoms with Crippen LogP contribution in [0.1, 0.15) is 88.6 Å². The van der Waals surface area contributed by atoms with Crippen molar-refractivity contribution in [3.63, 3.8) is 0 Å². The highest BCUT2D eigenvalue weighted by Gasteiger charge is 2.44. The Morgan fingerprint density at radius 2 is 1.70 bits per heavy atom. The summed E-state index contributed by atoms with van der Waals surface area (Å²) in [5.41, 5.74) is 14.8. The number of benzene rings is 2. The number of carbonyl (C=O) groups is 5. The zero-order chi connectivity index (χ0) is 40.4. The number of aromatic nitrogens is 1. The molecule has 15 heteroatoms. The number of H-pyrrole nitrogens is 1. The fourth-order valence-electron chi connectivity index (χ4n) is 8.10. The summed E-state index contributed by atoms with van der Waals surface area (Å²) in [6.07, 6.45) is 6.29. The van der Waals surface area contributed by atoms with Crippen LogP contribution >= 0.6 is 0 Å². The number of hydrogen-bond donors (Lipinski definition) is 8. The summed E-state index contributed by atoms with van der Waals surface area (Å²) in [5.74, 6) is -3.75. The first-order chi connectivity index (χ1) is 26.8. The number of carbonyl (C=O) groups excluding carboxylic acids is 4. The Morgan fingerprint density at radius 3 is 2.39 bits per heavy atom. The van der Waals surface area contributed by atoms with E-state index in [0.717, 1.165) is 46.9 Å². The van der Waals surface area contributed by atoms with E-state index >= 15 is 0 Å². The Kier molecular flexibility index (Phi) is 14.5. The number of carboxylic acid groups (broad SMARTS) is 1. The molecule has 2 aliphatic rings. The molecule has 56 heavy (non-hydrogen) atoms. The molecule has 0 saturated heterocycles. The van der Waals surface area contributed by atoms with E-state index in [0.29, 0.717) is 32.2 Å². The van der Waals surface area contributed by atoms with Crippen molar-refractivity contribution in [3.8, 4) is 0 Å². The number of amides is 4. The van der Waals surface area contributed by atoms with E-state index in [1.165, 1.54) is 11.8 Å². The predicted octanol–water partition coefficient (Wildman–Crippen LogP) is 2.60. The summed E-state index contributed by atoms with van der Waals surface area (Å²) < 4.78 is 0. The zero-order valence-corrected chi connectivity index (χ0v) is 32.6. The lowest BCUT2D eigenvalue weighted by atomic mass is 9.83. The van der Waals surface area contributed by atoms with Gasteiger partial charge in [0.05, 0.1) is 0 Å². The van der Waals surface area contributed by atoms with Crippen molar-refractivity contribution < 1.29 is 29.1 Å². The van der Waals surface area contributed by atoms with Gasteiger partial charge in [0.15, 0.2) is 5.96 Å². The Morgan fingerprint density at radius 1 is 0.946 bits per heavy atom. The fourth-order valence-corrected chi connectivity index (χ4v) is 8.10. The lowest BCUT2D eigenvalue weighted by Gasteiger charge is -2.43. The molecule has 2 heterocycles. The van der Waals surface area contributed by atoms with Gasteiger partial charge in [0.25, 0.3) is 0 Å². The van der Waals surface area contributed by atoms with Crippen molar-refractivity contribution in [1.82, 2.24) is 31.2 Å². The van der Waals surface area contributed by atoms with E-state index in [1.54, 1.807) is 0 Å². The first-order valence-corrected chi connectivity index (χ1v) is 19.7. The second kappa shape index (κ2) is 19.4. The highest BCUT2D eigenvalue weighted by Crippen LogP contribution is 2.33. The molecule has 2 aromatic carbocycles. The molecule has 5 rings (SSSR count). The number of hydrogen-bond acceptors (Lipinski definition) is 7. The highest BCUT2D eigenvalue weighted by atomic mass is 16.4. The smallest absolute Gasteiger partial charge is 0.326 e. The number of guanidine groups is 1. The van der Waals surface area contributed by atoms with Crippen LogP contribution in [-0.4, -0.2) is 87.8 Å². The van der Waals surface area contributed by atoms with Crippen molar-refractivity contribution in [1.29, 1.82) is 0 Å². The van der Waals surface area contributed by atoms with Gasteiger partial charge in [-0.3, -0.25) is 29.5 Å². The normalized spacial score (nSPS) is 18.7. The van der Waals surface area contributed by atoms with Crippen LogP contribution in [0.2, 0.25) is 0 Å². The molecular weight excluding hydrogens is 715 g/mol. The first kappa shape index (κ1) is 41.7. The molecule has 5 atom stereocenters. The molecule has 1 saturated carbocycles. The maximum Gasteiger partial charge on any atom is 0.326 e. The van der Waals surface area contributed by atoms with Gasteiger partial charge in [0.1, 0.15) is 30.3 Å². The van der Waals surface area contributed by atoms with Crippen LogP contribution in [0.15, 0.2) is 59.7 Å². The van der Waals surface area contributed by atoms with Crippen molar-refractivity contribution in [2.75, 3.05) is 13.1 Å². The van der Waals surface area contributed by atoms with Gasteiger partial charge in [-0.05, 0) is 72.8 Å². The van der Waals surface area contributed by atoms with Crippen molar-refractivity contribution in [3.05, 3.63) is 71.4 Å². The van der Waals surface area contributed by atoms with E-state index in [9.17, 15) is 29.1 Å². The number of carboxylic acids is 1. The number of fused-ring (bicyclic) bond motifs is 2. The second-order valence-corrected chi connectivity index (χ2v) is 15.3. The molecule has 0 bridgehead atoms. The molecule has 15 nitrogen and oxygen atoms in total. The Labute approximate surface area is 327 Å². The van der Waals surface area contributed by atoms with E-state index in [1.807, 2.05) is 68.6 Å². The molecule has 0 radical (unpaired) electrons. The summed E-state index contributed by atoms with van der Waals surface area (Å²) in [5, 5.41) is 23.8. The molecular formula is C41H57N9O6. The van der Waals surface area contributed by atoms with Gasteiger partial charge in [-0.1, -0.05) is 69.5 Å². The summed E-state index contributed by atoms with van der Waals surface area (Å²) in [4.78, 5) is 76.8. The van der Waals surface area contributed by atoms with Crippen molar-refractivity contribution in [2.24, 2.45) is 28.3 Å². The number of aliphatic imine (C=N–C) groups is 1. The van der Waals surface area contributed by atoms with Crippen LogP contribution in [0.5, 0.6) is 0 Å². The number of nitrogens with one attached hydrogen (secondary N) is 5. The van der Waals surface area contributed by atoms with Crippen molar-refractivity contribution >= 4 is 46.5 Å². The number of aromatic amines is 1. The molecule has 0 spiro atoms. The average Bonchev–Trinajstić information content (AvgIpc) is 3.66. The van der Waals surface area contributed by atoms with Gasteiger partial charge < -0.3 is 42.4 Å². The van der Waals surface area contributed by atoms with Gasteiger partial charge in [0, 0.05) is 43.5 Å². The van der Waals surface area contributed by atoms with Crippen LogP contribution < -0.4 is 32.7 Å². The largest absolute Gasteiger partial charge is 0.480 e. The predicted molar refractivity (Wildman–Crippen MR) is 214 cm³/mol. The number of rotatable bonds is 17. The third-order valence-electron chi connectivity index (χ3n) is 10.9. The topological polar surface area (TPSA) is 237 Å². The number of nitrogens with two attached hydrogens (primary N) is 2. The van der Waals surface area contributed by atoms with E-state index in [-0.39, 0.29) is 43.1 Å². The Bertz CT molecular complexity index is 1880. The molecule has 1 aliphatic heterocycles. The van der Waals surface area contributed by atoms with Crippen molar-refractivity contribution in [2.45, 2.75) is 109 Å². The average molecular weight is 772 g/mol. The summed E-state index contributed by atoms with van der Waals surface area (Å²) in [7, 11) is 0.